The Morgan fingerprint density at radius 2 is 1.85 bits per heavy atom. The number of hydrogen-bond donors (Lipinski definition) is 1. The molecule has 0 fully saturated rings. The van der Waals surface area contributed by atoms with E-state index in [0.29, 0.717) is 5.75 Å². The summed E-state index contributed by atoms with van der Waals surface area (Å²) < 4.78 is 44.2. The molecule has 0 bridgehead atoms. The summed E-state index contributed by atoms with van der Waals surface area (Å²) in [7, 11) is 0. The van der Waals surface area contributed by atoms with Crippen molar-refractivity contribution in [3.63, 3.8) is 0 Å². The topological polar surface area (TPSA) is 51.2 Å². The number of amides is 1. The number of aryl methyl sites for hydroxylation is 1. The molecule has 1 aromatic heterocycles. The number of carbonyl (C=O) groups is 1. The molecule has 0 aliphatic carbocycles. The third kappa shape index (κ3) is 4.85. The maximum Gasteiger partial charge on any atom is 0.418 e. The Balaban J connectivity index is 1.60. The second-order valence-corrected chi connectivity index (χ2v) is 6.56. The highest BCUT2D eigenvalue weighted by Crippen LogP contribution is 2.34. The number of thiazole rings is 1. The molecule has 140 valence electrons. The van der Waals surface area contributed by atoms with Gasteiger partial charge in [-0.1, -0.05) is 12.1 Å². The van der Waals surface area contributed by atoms with E-state index in [2.05, 4.69) is 10.3 Å². The van der Waals surface area contributed by atoms with Gasteiger partial charge in [-0.25, -0.2) is 4.98 Å². The minimum absolute atomic E-state index is 0.298. The SMILES string of the molecule is Cc1csc(-c2ccc(OCC(=O)Nc3ccccc3C(F)(F)F)cc2)n1. The Bertz CT molecular complexity index is 937. The number of nitrogens with zero attached hydrogens (tertiary/aromatic N) is 1. The molecule has 3 rings (SSSR count). The summed E-state index contributed by atoms with van der Waals surface area (Å²) >= 11 is 1.52. The lowest BCUT2D eigenvalue weighted by Gasteiger charge is -2.13. The molecular formula is C19H15F3N2O2S. The maximum atomic E-state index is 12.9. The normalized spacial score (nSPS) is 11.3. The number of benzene rings is 2. The van der Waals surface area contributed by atoms with E-state index in [0.717, 1.165) is 22.3 Å². The van der Waals surface area contributed by atoms with Gasteiger partial charge in [0.25, 0.3) is 5.91 Å². The van der Waals surface area contributed by atoms with Gasteiger partial charge in [-0.15, -0.1) is 11.3 Å². The molecular weight excluding hydrogens is 377 g/mol. The molecule has 1 N–H and O–H groups in total. The van der Waals surface area contributed by atoms with Crippen LogP contribution < -0.4 is 10.1 Å². The Hall–Kier alpha value is -2.87. The van der Waals surface area contributed by atoms with Gasteiger partial charge in [0.1, 0.15) is 10.8 Å². The van der Waals surface area contributed by atoms with Crippen molar-refractivity contribution in [1.82, 2.24) is 4.98 Å². The van der Waals surface area contributed by atoms with Crippen molar-refractivity contribution < 1.29 is 22.7 Å². The number of carbonyl (C=O) groups excluding carboxylic acids is 1. The molecule has 27 heavy (non-hydrogen) atoms. The molecule has 3 aromatic rings. The van der Waals surface area contributed by atoms with Crippen LogP contribution in [0.1, 0.15) is 11.3 Å². The molecule has 4 nitrogen and oxygen atoms in total. The zero-order chi connectivity index (χ0) is 19.4. The lowest BCUT2D eigenvalue weighted by atomic mass is 10.1. The first-order valence-corrected chi connectivity index (χ1v) is 8.82. The molecule has 1 heterocycles. The highest BCUT2D eigenvalue weighted by molar-refractivity contribution is 7.13. The van der Waals surface area contributed by atoms with Gasteiger partial charge in [0.2, 0.25) is 0 Å². The number of alkyl halides is 3. The van der Waals surface area contributed by atoms with Gasteiger partial charge in [0, 0.05) is 16.6 Å². The fourth-order valence-electron chi connectivity index (χ4n) is 2.35. The summed E-state index contributed by atoms with van der Waals surface area (Å²) in [5, 5.41) is 5.06. The molecule has 0 radical (unpaired) electrons. The van der Waals surface area contributed by atoms with Gasteiger partial charge in [0.15, 0.2) is 6.61 Å². The summed E-state index contributed by atoms with van der Waals surface area (Å²) in [5.41, 5.74) is 0.657. The van der Waals surface area contributed by atoms with Crippen LogP contribution in [0.4, 0.5) is 18.9 Å². The van der Waals surface area contributed by atoms with Crippen LogP contribution in [0, 0.1) is 6.92 Å². The van der Waals surface area contributed by atoms with Crippen LogP contribution in [0.3, 0.4) is 0 Å². The van der Waals surface area contributed by atoms with Crippen LogP contribution in [0.25, 0.3) is 10.6 Å². The van der Waals surface area contributed by atoms with E-state index >= 15 is 0 Å². The molecule has 0 atom stereocenters. The lowest BCUT2D eigenvalue weighted by Crippen LogP contribution is -2.22. The van der Waals surface area contributed by atoms with Crippen molar-refractivity contribution in [2.75, 3.05) is 11.9 Å². The van der Waals surface area contributed by atoms with Crippen molar-refractivity contribution in [3.05, 3.63) is 65.2 Å². The predicted octanol–water partition coefficient (Wildman–Crippen LogP) is 5.15. The molecule has 0 aliphatic heterocycles. The average molecular weight is 392 g/mol. The van der Waals surface area contributed by atoms with Crippen molar-refractivity contribution >= 4 is 22.9 Å². The number of hydrogen-bond acceptors (Lipinski definition) is 4. The van der Waals surface area contributed by atoms with Gasteiger partial charge in [-0.05, 0) is 43.3 Å². The minimum Gasteiger partial charge on any atom is -0.484 e. The standard InChI is InChI=1S/C19H15F3N2O2S/c1-12-11-27-18(23-12)13-6-8-14(9-7-13)26-10-17(25)24-16-5-3-2-4-15(16)19(20,21)22/h2-9,11H,10H2,1H3,(H,24,25). The van der Waals surface area contributed by atoms with Crippen molar-refractivity contribution in [2.45, 2.75) is 13.1 Å². The van der Waals surface area contributed by atoms with Gasteiger partial charge in [0.05, 0.1) is 11.3 Å². The van der Waals surface area contributed by atoms with E-state index in [-0.39, 0.29) is 5.69 Å². The van der Waals surface area contributed by atoms with Crippen molar-refractivity contribution in [3.8, 4) is 16.3 Å². The van der Waals surface area contributed by atoms with Gasteiger partial charge >= 0.3 is 6.18 Å². The highest BCUT2D eigenvalue weighted by atomic mass is 32.1. The van der Waals surface area contributed by atoms with Gasteiger partial charge in [-0.3, -0.25) is 4.79 Å². The predicted molar refractivity (Wildman–Crippen MR) is 97.9 cm³/mol. The van der Waals surface area contributed by atoms with Crippen LogP contribution in [0.15, 0.2) is 53.9 Å². The van der Waals surface area contributed by atoms with Crippen molar-refractivity contribution in [2.24, 2.45) is 0 Å². The lowest BCUT2D eigenvalue weighted by molar-refractivity contribution is -0.137. The number of para-hydroxylation sites is 1. The number of anilines is 1. The molecule has 0 aliphatic rings. The molecule has 0 saturated heterocycles. The van der Waals surface area contributed by atoms with Crippen LogP contribution in [-0.2, 0) is 11.0 Å². The van der Waals surface area contributed by atoms with E-state index < -0.39 is 24.3 Å². The average Bonchev–Trinajstić information content (AvgIpc) is 3.06. The van der Waals surface area contributed by atoms with E-state index in [4.69, 9.17) is 4.74 Å². The van der Waals surface area contributed by atoms with Gasteiger partial charge in [-0.2, -0.15) is 13.2 Å². The molecule has 0 saturated carbocycles. The van der Waals surface area contributed by atoms with Crippen LogP contribution in [0.2, 0.25) is 0 Å². The largest absolute Gasteiger partial charge is 0.484 e. The summed E-state index contributed by atoms with van der Waals surface area (Å²) in [6.45, 7) is 1.51. The van der Waals surface area contributed by atoms with Crippen LogP contribution in [0.5, 0.6) is 5.75 Å². The number of halogens is 3. The smallest absolute Gasteiger partial charge is 0.418 e. The first-order chi connectivity index (χ1) is 12.8. The van der Waals surface area contributed by atoms with E-state index in [9.17, 15) is 18.0 Å². The molecule has 0 spiro atoms. The molecule has 2 aromatic carbocycles. The minimum atomic E-state index is -4.55. The molecule has 8 heteroatoms. The third-order valence-corrected chi connectivity index (χ3v) is 4.61. The van der Waals surface area contributed by atoms with Crippen molar-refractivity contribution in [1.29, 1.82) is 0 Å². The Morgan fingerprint density at radius 3 is 2.48 bits per heavy atom. The third-order valence-electron chi connectivity index (χ3n) is 3.60. The van der Waals surface area contributed by atoms with E-state index in [1.807, 2.05) is 24.4 Å². The fraction of sp³-hybridized carbons (Fsp3) is 0.158. The molecule has 0 unspecified atom stereocenters. The van der Waals surface area contributed by atoms with Crippen LogP contribution >= 0.6 is 11.3 Å². The van der Waals surface area contributed by atoms with E-state index in [1.165, 1.54) is 29.5 Å². The Morgan fingerprint density at radius 1 is 1.15 bits per heavy atom. The zero-order valence-corrected chi connectivity index (χ0v) is 15.0. The quantitative estimate of drug-likeness (QED) is 0.653. The fourth-order valence-corrected chi connectivity index (χ4v) is 3.16. The number of aromatic nitrogens is 1. The number of ether oxygens (including phenoxy) is 1. The van der Waals surface area contributed by atoms with E-state index in [1.54, 1.807) is 12.1 Å². The molecule has 1 amide bonds. The van der Waals surface area contributed by atoms with Gasteiger partial charge < -0.3 is 10.1 Å². The summed E-state index contributed by atoms with van der Waals surface area (Å²) in [6.07, 6.45) is -4.55. The first kappa shape index (κ1) is 18.9. The Kier molecular flexibility index (Phi) is 5.46. The van der Waals surface area contributed by atoms with Crippen LogP contribution in [-0.4, -0.2) is 17.5 Å². The number of rotatable bonds is 5. The highest BCUT2D eigenvalue weighted by Gasteiger charge is 2.33. The first-order valence-electron chi connectivity index (χ1n) is 7.94. The Labute approximate surface area is 157 Å². The zero-order valence-electron chi connectivity index (χ0n) is 14.2. The monoisotopic (exact) mass is 392 g/mol. The number of nitrogens with one attached hydrogen (secondary N) is 1. The summed E-state index contributed by atoms with van der Waals surface area (Å²) in [4.78, 5) is 16.3. The summed E-state index contributed by atoms with van der Waals surface area (Å²) in [5.74, 6) is -0.238. The second kappa shape index (κ2) is 7.79. The second-order valence-electron chi connectivity index (χ2n) is 5.70. The maximum absolute atomic E-state index is 12.9. The summed E-state index contributed by atoms with van der Waals surface area (Å²) in [6, 6.07) is 11.8.